The number of benzene rings is 1. The second-order valence-corrected chi connectivity index (χ2v) is 7.58. The molecule has 142 valence electrons. The van der Waals surface area contributed by atoms with Gasteiger partial charge >= 0.3 is 5.97 Å². The average molecular weight is 368 g/mol. The first-order valence-corrected chi connectivity index (χ1v) is 9.52. The third kappa shape index (κ3) is 3.11. The van der Waals surface area contributed by atoms with Gasteiger partial charge in [-0.2, -0.15) is 5.10 Å². The van der Waals surface area contributed by atoms with Gasteiger partial charge in [-0.15, -0.1) is 0 Å². The van der Waals surface area contributed by atoms with E-state index in [0.29, 0.717) is 23.7 Å². The lowest BCUT2D eigenvalue weighted by Crippen LogP contribution is -2.46. The Morgan fingerprint density at radius 2 is 1.81 bits per heavy atom. The Kier molecular flexibility index (Phi) is 4.45. The first-order chi connectivity index (χ1) is 13.0. The van der Waals surface area contributed by atoms with Gasteiger partial charge in [-0.3, -0.25) is 4.79 Å². The standard InChI is InChI=1S/C20H24N4O3/c1-12-21-13(2)24(22-12)16-9-7-14(8-10-16)19(25)23-17-6-4-3-5-15(17)11-18(23)20(26)27/h7-10,15,17-18H,3-6,11H2,1-2H3,(H,26,27)/t15-,17-,18-/m0/s1. The molecule has 1 saturated heterocycles. The van der Waals surface area contributed by atoms with Crippen LogP contribution in [0.1, 0.15) is 54.1 Å². The average Bonchev–Trinajstić information content (AvgIpc) is 3.21. The highest BCUT2D eigenvalue weighted by atomic mass is 16.4. The number of carboxylic acid groups (broad SMARTS) is 1. The zero-order chi connectivity index (χ0) is 19.1. The molecule has 27 heavy (non-hydrogen) atoms. The lowest BCUT2D eigenvalue weighted by molar-refractivity contribution is -0.141. The number of carboxylic acids is 1. The van der Waals surface area contributed by atoms with E-state index in [1.54, 1.807) is 21.7 Å². The quantitative estimate of drug-likeness (QED) is 0.900. The lowest BCUT2D eigenvalue weighted by Gasteiger charge is -2.33. The molecule has 1 aromatic heterocycles. The third-order valence-electron chi connectivity index (χ3n) is 5.84. The predicted molar refractivity (Wildman–Crippen MR) is 98.8 cm³/mol. The van der Waals surface area contributed by atoms with Crippen LogP contribution in [0.3, 0.4) is 0 Å². The van der Waals surface area contributed by atoms with Crippen molar-refractivity contribution in [2.24, 2.45) is 5.92 Å². The third-order valence-corrected chi connectivity index (χ3v) is 5.84. The smallest absolute Gasteiger partial charge is 0.326 e. The minimum Gasteiger partial charge on any atom is -0.480 e. The van der Waals surface area contributed by atoms with Gasteiger partial charge in [0.2, 0.25) is 0 Å². The molecule has 0 unspecified atom stereocenters. The maximum absolute atomic E-state index is 13.2. The number of aliphatic carboxylic acids is 1. The number of carbonyl (C=O) groups excluding carboxylic acids is 1. The number of hydrogen-bond acceptors (Lipinski definition) is 4. The van der Waals surface area contributed by atoms with Crippen molar-refractivity contribution in [2.45, 2.75) is 58.0 Å². The summed E-state index contributed by atoms with van der Waals surface area (Å²) in [4.78, 5) is 30.8. The molecule has 4 rings (SSSR count). The summed E-state index contributed by atoms with van der Waals surface area (Å²) in [6.45, 7) is 3.71. The van der Waals surface area contributed by atoms with Gasteiger partial charge in [-0.05, 0) is 63.3 Å². The molecule has 3 atom stereocenters. The number of hydrogen-bond donors (Lipinski definition) is 1. The molecule has 0 spiro atoms. The SMILES string of the molecule is Cc1nc(C)n(-c2ccc(C(=O)N3[C@H](C(=O)O)C[C@@H]4CCCC[C@@H]43)cc2)n1. The van der Waals surface area contributed by atoms with Crippen LogP contribution in [0.4, 0.5) is 0 Å². The number of amides is 1. The zero-order valence-electron chi connectivity index (χ0n) is 15.6. The first-order valence-electron chi connectivity index (χ1n) is 9.52. The van der Waals surface area contributed by atoms with Crippen LogP contribution in [0.25, 0.3) is 5.69 Å². The number of carbonyl (C=O) groups is 2. The van der Waals surface area contributed by atoms with Gasteiger partial charge in [0.25, 0.3) is 5.91 Å². The van der Waals surface area contributed by atoms with E-state index >= 15 is 0 Å². The molecule has 2 fully saturated rings. The second-order valence-electron chi connectivity index (χ2n) is 7.58. The molecule has 1 aliphatic heterocycles. The molecule has 1 saturated carbocycles. The Morgan fingerprint density at radius 1 is 1.11 bits per heavy atom. The molecule has 2 aliphatic rings. The van der Waals surface area contributed by atoms with Gasteiger partial charge in [0.1, 0.15) is 17.7 Å². The van der Waals surface area contributed by atoms with Crippen molar-refractivity contribution in [3.8, 4) is 5.69 Å². The number of nitrogens with zero attached hydrogens (tertiary/aromatic N) is 4. The first kappa shape index (κ1) is 17.7. The number of likely N-dealkylation sites (tertiary alicyclic amines) is 1. The number of aromatic nitrogens is 3. The highest BCUT2D eigenvalue weighted by molar-refractivity contribution is 5.97. The molecular weight excluding hydrogens is 344 g/mol. The van der Waals surface area contributed by atoms with Gasteiger partial charge in [0.15, 0.2) is 0 Å². The molecule has 1 amide bonds. The Bertz CT molecular complexity index is 874. The van der Waals surface area contributed by atoms with Gasteiger partial charge < -0.3 is 10.0 Å². The largest absolute Gasteiger partial charge is 0.480 e. The Labute approximate surface area is 158 Å². The fourth-order valence-electron chi connectivity index (χ4n) is 4.63. The summed E-state index contributed by atoms with van der Waals surface area (Å²) in [5.41, 5.74) is 1.35. The van der Waals surface area contributed by atoms with E-state index in [2.05, 4.69) is 10.1 Å². The van der Waals surface area contributed by atoms with Crippen LogP contribution in [0.15, 0.2) is 24.3 Å². The van der Waals surface area contributed by atoms with Crippen LogP contribution >= 0.6 is 0 Å². The predicted octanol–water partition coefficient (Wildman–Crippen LogP) is 2.74. The molecule has 2 aromatic rings. The van der Waals surface area contributed by atoms with Crippen molar-refractivity contribution in [2.75, 3.05) is 0 Å². The van der Waals surface area contributed by atoms with Crippen molar-refractivity contribution in [1.82, 2.24) is 19.7 Å². The summed E-state index contributed by atoms with van der Waals surface area (Å²) in [6, 6.07) is 6.50. The van der Waals surface area contributed by atoms with Crippen LogP contribution in [0, 0.1) is 19.8 Å². The zero-order valence-corrected chi connectivity index (χ0v) is 15.6. The van der Waals surface area contributed by atoms with Gasteiger partial charge in [-0.25, -0.2) is 14.5 Å². The number of rotatable bonds is 3. The Hall–Kier alpha value is -2.70. The van der Waals surface area contributed by atoms with E-state index in [4.69, 9.17) is 0 Å². The number of fused-ring (bicyclic) bond motifs is 1. The monoisotopic (exact) mass is 368 g/mol. The lowest BCUT2D eigenvalue weighted by atomic mass is 9.84. The van der Waals surface area contributed by atoms with Crippen LogP contribution in [-0.2, 0) is 4.79 Å². The van der Waals surface area contributed by atoms with Crippen molar-refractivity contribution < 1.29 is 14.7 Å². The summed E-state index contributed by atoms with van der Waals surface area (Å²) >= 11 is 0. The molecule has 2 heterocycles. The highest BCUT2D eigenvalue weighted by Gasteiger charge is 2.47. The molecule has 1 aromatic carbocycles. The summed E-state index contributed by atoms with van der Waals surface area (Å²) in [7, 11) is 0. The van der Waals surface area contributed by atoms with Crippen LogP contribution in [-0.4, -0.2) is 48.7 Å². The molecule has 1 aliphatic carbocycles. The maximum atomic E-state index is 13.2. The van der Waals surface area contributed by atoms with E-state index in [1.807, 2.05) is 26.0 Å². The fourth-order valence-corrected chi connectivity index (χ4v) is 4.63. The molecule has 0 radical (unpaired) electrons. The van der Waals surface area contributed by atoms with E-state index in [0.717, 1.165) is 37.2 Å². The minimum absolute atomic E-state index is 0.0484. The van der Waals surface area contributed by atoms with Crippen LogP contribution < -0.4 is 0 Å². The van der Waals surface area contributed by atoms with Crippen LogP contribution in [0.5, 0.6) is 0 Å². The minimum atomic E-state index is -0.900. The number of aryl methyl sites for hydroxylation is 2. The van der Waals surface area contributed by atoms with Crippen LogP contribution in [0.2, 0.25) is 0 Å². The second kappa shape index (κ2) is 6.79. The Morgan fingerprint density at radius 3 is 2.44 bits per heavy atom. The van der Waals surface area contributed by atoms with Gasteiger partial charge in [0, 0.05) is 11.6 Å². The maximum Gasteiger partial charge on any atom is 0.326 e. The highest BCUT2D eigenvalue weighted by Crippen LogP contribution is 2.40. The molecule has 0 bridgehead atoms. The molecule has 1 N–H and O–H groups in total. The van der Waals surface area contributed by atoms with Crippen molar-refractivity contribution in [3.05, 3.63) is 41.5 Å². The fraction of sp³-hybridized carbons (Fsp3) is 0.500. The normalized spacial score (nSPS) is 24.7. The summed E-state index contributed by atoms with van der Waals surface area (Å²) in [6.07, 6.45) is 4.67. The van der Waals surface area contributed by atoms with E-state index in [-0.39, 0.29) is 11.9 Å². The molecule has 7 nitrogen and oxygen atoms in total. The van der Waals surface area contributed by atoms with E-state index in [1.165, 1.54) is 0 Å². The van der Waals surface area contributed by atoms with Crippen molar-refractivity contribution in [1.29, 1.82) is 0 Å². The topological polar surface area (TPSA) is 88.3 Å². The van der Waals surface area contributed by atoms with Crippen molar-refractivity contribution >= 4 is 11.9 Å². The summed E-state index contributed by atoms with van der Waals surface area (Å²) < 4.78 is 1.73. The van der Waals surface area contributed by atoms with Crippen molar-refractivity contribution in [3.63, 3.8) is 0 Å². The van der Waals surface area contributed by atoms with Gasteiger partial charge in [0.05, 0.1) is 5.69 Å². The van der Waals surface area contributed by atoms with E-state index in [9.17, 15) is 14.7 Å². The summed E-state index contributed by atoms with van der Waals surface area (Å²) in [5, 5.41) is 14.0. The summed E-state index contributed by atoms with van der Waals surface area (Å²) in [5.74, 6) is 0.696. The van der Waals surface area contributed by atoms with E-state index < -0.39 is 12.0 Å². The Balaban J connectivity index is 1.61. The molecule has 7 heteroatoms. The van der Waals surface area contributed by atoms with Gasteiger partial charge in [-0.1, -0.05) is 12.8 Å². The molecular formula is C20H24N4O3.